The van der Waals surface area contributed by atoms with E-state index in [4.69, 9.17) is 4.74 Å². The number of hydrogen-bond acceptors (Lipinski definition) is 5. The fraction of sp³-hybridized carbons (Fsp3) is 0.500. The summed E-state index contributed by atoms with van der Waals surface area (Å²) in [6, 6.07) is 10.4. The molecular weight excluding hydrogens is 312 g/mol. The van der Waals surface area contributed by atoms with Gasteiger partial charge in [0.15, 0.2) is 0 Å². The number of nitrogens with zero attached hydrogens (tertiary/aromatic N) is 2. The van der Waals surface area contributed by atoms with Gasteiger partial charge in [-0.1, -0.05) is 37.8 Å². The van der Waals surface area contributed by atoms with Crippen molar-refractivity contribution in [1.82, 2.24) is 9.97 Å². The Labute approximate surface area is 150 Å². The molecule has 1 fully saturated rings. The summed E-state index contributed by atoms with van der Waals surface area (Å²) in [5, 5.41) is 6.91. The number of benzene rings is 1. The molecule has 0 amide bonds. The largest absolute Gasteiger partial charge is 0.492 e. The van der Waals surface area contributed by atoms with Gasteiger partial charge in [-0.2, -0.15) is 4.98 Å². The lowest BCUT2D eigenvalue weighted by atomic mass is 10.1. The van der Waals surface area contributed by atoms with Gasteiger partial charge in [0.25, 0.3) is 0 Å². The normalized spacial score (nSPS) is 15.4. The lowest BCUT2D eigenvalue weighted by Gasteiger charge is -2.18. The van der Waals surface area contributed by atoms with Crippen molar-refractivity contribution < 1.29 is 4.74 Å². The van der Waals surface area contributed by atoms with E-state index in [0.717, 1.165) is 22.9 Å². The van der Waals surface area contributed by atoms with E-state index < -0.39 is 0 Å². The quantitative estimate of drug-likeness (QED) is 0.720. The highest BCUT2D eigenvalue weighted by Gasteiger charge is 2.13. The molecule has 0 spiro atoms. The maximum Gasteiger partial charge on any atom is 0.229 e. The first-order valence-electron chi connectivity index (χ1n) is 9.35. The zero-order chi connectivity index (χ0) is 17.5. The van der Waals surface area contributed by atoms with E-state index in [1.54, 1.807) is 0 Å². The van der Waals surface area contributed by atoms with E-state index in [2.05, 4.69) is 20.6 Å². The maximum absolute atomic E-state index is 5.67. The van der Waals surface area contributed by atoms with E-state index in [0.29, 0.717) is 18.6 Å². The Morgan fingerprint density at radius 1 is 1.08 bits per heavy atom. The minimum atomic E-state index is 0.514. The van der Waals surface area contributed by atoms with Gasteiger partial charge in [0.05, 0.1) is 12.3 Å². The molecule has 0 unspecified atom stereocenters. The number of para-hydroxylation sites is 2. The monoisotopic (exact) mass is 340 g/mol. The van der Waals surface area contributed by atoms with Gasteiger partial charge in [-0.25, -0.2) is 4.98 Å². The van der Waals surface area contributed by atoms with Crippen molar-refractivity contribution in [2.45, 2.75) is 58.4 Å². The van der Waals surface area contributed by atoms with Crippen LogP contribution in [0.5, 0.6) is 5.75 Å². The summed E-state index contributed by atoms with van der Waals surface area (Å²) in [6.07, 6.45) is 7.74. The lowest BCUT2D eigenvalue weighted by Crippen LogP contribution is -2.19. The molecular formula is C20H28N4O. The first-order valence-corrected chi connectivity index (χ1v) is 9.35. The molecule has 0 radical (unpaired) electrons. The van der Waals surface area contributed by atoms with Gasteiger partial charge in [-0.15, -0.1) is 0 Å². The highest BCUT2D eigenvalue weighted by molar-refractivity contribution is 5.63. The molecule has 134 valence electrons. The summed E-state index contributed by atoms with van der Waals surface area (Å²) in [7, 11) is 0. The molecule has 5 nitrogen and oxygen atoms in total. The van der Waals surface area contributed by atoms with Gasteiger partial charge in [-0.3, -0.25) is 0 Å². The summed E-state index contributed by atoms with van der Waals surface area (Å²) in [4.78, 5) is 9.19. The third-order valence-corrected chi connectivity index (χ3v) is 4.49. The summed E-state index contributed by atoms with van der Waals surface area (Å²) >= 11 is 0. The number of hydrogen-bond donors (Lipinski definition) is 2. The number of rotatable bonds is 6. The smallest absolute Gasteiger partial charge is 0.229 e. The Kier molecular flexibility index (Phi) is 6.09. The first-order chi connectivity index (χ1) is 12.2. The number of anilines is 3. The van der Waals surface area contributed by atoms with E-state index in [1.807, 2.05) is 44.2 Å². The second-order valence-corrected chi connectivity index (χ2v) is 6.61. The SMILES string of the molecule is CCOc1ccccc1Nc1nc(C)cc(NC2CCCCCC2)n1. The Balaban J connectivity index is 1.75. The minimum absolute atomic E-state index is 0.514. The topological polar surface area (TPSA) is 59.1 Å². The van der Waals surface area contributed by atoms with E-state index in [-0.39, 0.29) is 0 Å². The molecule has 0 aliphatic heterocycles. The van der Waals surface area contributed by atoms with Gasteiger partial charge in [-0.05, 0) is 38.8 Å². The van der Waals surface area contributed by atoms with Crippen LogP contribution in [0.15, 0.2) is 30.3 Å². The Bertz CT molecular complexity index is 681. The standard InChI is InChI=1S/C20H28N4O/c1-3-25-18-13-9-8-12-17(18)23-20-21-15(2)14-19(24-20)22-16-10-6-4-5-7-11-16/h8-9,12-14,16H,3-7,10-11H2,1-2H3,(H2,21,22,23,24). The summed E-state index contributed by atoms with van der Waals surface area (Å²) in [5.74, 6) is 2.31. The molecule has 1 saturated carbocycles. The second-order valence-electron chi connectivity index (χ2n) is 6.61. The van der Waals surface area contributed by atoms with Crippen LogP contribution < -0.4 is 15.4 Å². The second kappa shape index (κ2) is 8.70. The van der Waals surface area contributed by atoms with Crippen molar-refractivity contribution >= 4 is 17.5 Å². The molecule has 0 saturated heterocycles. The van der Waals surface area contributed by atoms with Crippen molar-refractivity contribution in [3.8, 4) is 5.75 Å². The highest BCUT2D eigenvalue weighted by atomic mass is 16.5. The predicted octanol–water partition coefficient (Wildman–Crippen LogP) is 5.06. The molecule has 1 aliphatic carbocycles. The van der Waals surface area contributed by atoms with Crippen molar-refractivity contribution in [1.29, 1.82) is 0 Å². The fourth-order valence-corrected chi connectivity index (χ4v) is 3.30. The van der Waals surface area contributed by atoms with Crippen molar-refractivity contribution in [2.75, 3.05) is 17.2 Å². The van der Waals surface area contributed by atoms with Gasteiger partial charge in [0, 0.05) is 17.8 Å². The van der Waals surface area contributed by atoms with E-state index >= 15 is 0 Å². The van der Waals surface area contributed by atoms with E-state index in [1.165, 1.54) is 38.5 Å². The molecule has 2 aromatic rings. The van der Waals surface area contributed by atoms with Crippen LogP contribution in [0, 0.1) is 6.92 Å². The Morgan fingerprint density at radius 3 is 2.60 bits per heavy atom. The van der Waals surface area contributed by atoms with Gasteiger partial charge in [0.2, 0.25) is 5.95 Å². The molecule has 5 heteroatoms. The van der Waals surface area contributed by atoms with Crippen LogP contribution in [-0.4, -0.2) is 22.6 Å². The number of aryl methyl sites for hydroxylation is 1. The van der Waals surface area contributed by atoms with Gasteiger partial charge < -0.3 is 15.4 Å². The van der Waals surface area contributed by atoms with Crippen LogP contribution in [0.3, 0.4) is 0 Å². The lowest BCUT2D eigenvalue weighted by molar-refractivity contribution is 0.342. The average molecular weight is 340 g/mol. The van der Waals surface area contributed by atoms with Gasteiger partial charge in [0.1, 0.15) is 11.6 Å². The van der Waals surface area contributed by atoms with Crippen molar-refractivity contribution in [3.05, 3.63) is 36.0 Å². The minimum Gasteiger partial charge on any atom is -0.492 e. The van der Waals surface area contributed by atoms with Gasteiger partial charge >= 0.3 is 0 Å². The number of ether oxygens (including phenoxy) is 1. The third-order valence-electron chi connectivity index (χ3n) is 4.49. The maximum atomic E-state index is 5.67. The summed E-state index contributed by atoms with van der Waals surface area (Å²) < 4.78 is 5.67. The molecule has 1 heterocycles. The first kappa shape index (κ1) is 17.5. The zero-order valence-electron chi connectivity index (χ0n) is 15.2. The van der Waals surface area contributed by atoms with Crippen LogP contribution in [0.2, 0.25) is 0 Å². The Morgan fingerprint density at radius 2 is 1.84 bits per heavy atom. The number of aromatic nitrogens is 2. The van der Waals surface area contributed by atoms with Crippen LogP contribution in [0.1, 0.15) is 51.1 Å². The van der Waals surface area contributed by atoms with E-state index in [9.17, 15) is 0 Å². The highest BCUT2D eigenvalue weighted by Crippen LogP contribution is 2.27. The fourth-order valence-electron chi connectivity index (χ4n) is 3.30. The number of nitrogens with one attached hydrogen (secondary N) is 2. The predicted molar refractivity (Wildman–Crippen MR) is 103 cm³/mol. The molecule has 0 atom stereocenters. The van der Waals surface area contributed by atoms with Crippen LogP contribution in [0.25, 0.3) is 0 Å². The molecule has 25 heavy (non-hydrogen) atoms. The molecule has 1 aromatic carbocycles. The molecule has 3 rings (SSSR count). The molecule has 2 N–H and O–H groups in total. The average Bonchev–Trinajstić information content (AvgIpc) is 2.85. The van der Waals surface area contributed by atoms with Crippen molar-refractivity contribution in [2.24, 2.45) is 0 Å². The molecule has 1 aliphatic rings. The summed E-state index contributed by atoms with van der Waals surface area (Å²) in [5.41, 5.74) is 1.83. The zero-order valence-corrected chi connectivity index (χ0v) is 15.2. The van der Waals surface area contributed by atoms with Crippen molar-refractivity contribution in [3.63, 3.8) is 0 Å². The third kappa shape index (κ3) is 5.08. The van der Waals surface area contributed by atoms with Crippen LogP contribution in [0.4, 0.5) is 17.5 Å². The van der Waals surface area contributed by atoms with Crippen LogP contribution in [-0.2, 0) is 0 Å². The molecule has 1 aromatic heterocycles. The van der Waals surface area contributed by atoms with Crippen LogP contribution >= 0.6 is 0 Å². The summed E-state index contributed by atoms with van der Waals surface area (Å²) in [6.45, 7) is 4.61. The Hall–Kier alpha value is -2.30. The molecule has 0 bridgehead atoms.